The van der Waals surface area contributed by atoms with Crippen molar-refractivity contribution in [2.75, 3.05) is 35.6 Å². The van der Waals surface area contributed by atoms with Crippen molar-refractivity contribution in [2.24, 2.45) is 0 Å². The van der Waals surface area contributed by atoms with Crippen LogP contribution < -0.4 is 16.0 Å². The maximum absolute atomic E-state index is 13.1. The number of halogens is 3. The molecule has 31 heavy (non-hydrogen) atoms. The SMILES string of the molecule is CCN(CC(=O)Nc1ccc(NC(C)=O)cc1)CC(=O)Nc1ccccc1C(F)(F)F. The highest BCUT2D eigenvalue weighted by molar-refractivity contribution is 5.95. The molecule has 166 valence electrons. The lowest BCUT2D eigenvalue weighted by molar-refractivity contribution is -0.137. The first-order chi connectivity index (χ1) is 14.6. The zero-order chi connectivity index (χ0) is 23.0. The predicted molar refractivity (Wildman–Crippen MR) is 112 cm³/mol. The zero-order valence-electron chi connectivity index (χ0n) is 17.0. The number of benzene rings is 2. The first-order valence-electron chi connectivity index (χ1n) is 9.44. The van der Waals surface area contributed by atoms with Gasteiger partial charge in [-0.05, 0) is 42.9 Å². The molecule has 0 atom stereocenters. The number of alkyl halides is 3. The van der Waals surface area contributed by atoms with Gasteiger partial charge in [0.05, 0.1) is 24.3 Å². The molecule has 7 nitrogen and oxygen atoms in total. The van der Waals surface area contributed by atoms with E-state index in [-0.39, 0.29) is 24.7 Å². The number of amides is 3. The maximum Gasteiger partial charge on any atom is 0.418 e. The largest absolute Gasteiger partial charge is 0.418 e. The minimum atomic E-state index is -4.59. The lowest BCUT2D eigenvalue weighted by Gasteiger charge is -2.20. The quantitative estimate of drug-likeness (QED) is 0.590. The van der Waals surface area contributed by atoms with Crippen molar-refractivity contribution in [3.8, 4) is 0 Å². The van der Waals surface area contributed by atoms with Crippen LogP contribution in [0.3, 0.4) is 0 Å². The Hall–Kier alpha value is -3.40. The molecule has 0 saturated carbocycles. The number of carbonyl (C=O) groups is 3. The summed E-state index contributed by atoms with van der Waals surface area (Å²) in [6.07, 6.45) is -4.59. The molecule has 3 N–H and O–H groups in total. The second-order valence-corrected chi connectivity index (χ2v) is 6.70. The molecule has 0 aliphatic rings. The first-order valence-corrected chi connectivity index (χ1v) is 9.44. The Balaban J connectivity index is 1.92. The Morgan fingerprint density at radius 3 is 1.87 bits per heavy atom. The highest BCUT2D eigenvalue weighted by atomic mass is 19.4. The smallest absolute Gasteiger partial charge is 0.326 e. The van der Waals surface area contributed by atoms with E-state index in [0.29, 0.717) is 17.9 Å². The van der Waals surface area contributed by atoms with Crippen molar-refractivity contribution < 1.29 is 27.6 Å². The van der Waals surface area contributed by atoms with Gasteiger partial charge in [-0.2, -0.15) is 13.2 Å². The molecule has 0 fully saturated rings. The predicted octanol–water partition coefficient (Wildman–Crippen LogP) is 3.56. The van der Waals surface area contributed by atoms with Crippen LogP contribution in [0, 0.1) is 0 Å². The average molecular weight is 436 g/mol. The van der Waals surface area contributed by atoms with Gasteiger partial charge in [0.1, 0.15) is 0 Å². The molecule has 2 aromatic rings. The van der Waals surface area contributed by atoms with E-state index in [9.17, 15) is 27.6 Å². The van der Waals surface area contributed by atoms with E-state index in [1.807, 2.05) is 0 Å². The molecule has 0 aliphatic heterocycles. The van der Waals surface area contributed by atoms with Crippen LogP contribution in [-0.4, -0.2) is 42.3 Å². The van der Waals surface area contributed by atoms with Gasteiger partial charge in [-0.3, -0.25) is 19.3 Å². The van der Waals surface area contributed by atoms with Crippen LogP contribution in [0.4, 0.5) is 30.2 Å². The molecule has 0 heterocycles. The number of nitrogens with one attached hydrogen (secondary N) is 3. The van der Waals surface area contributed by atoms with E-state index in [1.165, 1.54) is 30.0 Å². The number of carbonyl (C=O) groups excluding carboxylic acids is 3. The second kappa shape index (κ2) is 10.6. The zero-order valence-corrected chi connectivity index (χ0v) is 17.0. The van der Waals surface area contributed by atoms with E-state index in [2.05, 4.69) is 16.0 Å². The molecule has 10 heteroatoms. The van der Waals surface area contributed by atoms with Gasteiger partial charge >= 0.3 is 6.18 Å². The summed E-state index contributed by atoms with van der Waals surface area (Å²) in [5.41, 5.74) is -0.193. The van der Waals surface area contributed by atoms with Crippen molar-refractivity contribution in [1.29, 1.82) is 0 Å². The number of hydrogen-bond donors (Lipinski definition) is 3. The van der Waals surface area contributed by atoms with E-state index >= 15 is 0 Å². The third-order valence-electron chi connectivity index (χ3n) is 4.18. The topological polar surface area (TPSA) is 90.5 Å². The van der Waals surface area contributed by atoms with E-state index < -0.39 is 23.6 Å². The lowest BCUT2D eigenvalue weighted by Crippen LogP contribution is -2.38. The fraction of sp³-hybridized carbons (Fsp3) is 0.286. The standard InChI is InChI=1S/C21H23F3N4O3/c1-3-28(12-19(30)26-16-10-8-15(9-11-16)25-14(2)29)13-20(31)27-18-7-5-4-6-17(18)21(22,23)24/h4-11H,3,12-13H2,1-2H3,(H,25,29)(H,26,30)(H,27,31). The van der Waals surface area contributed by atoms with Crippen molar-refractivity contribution in [2.45, 2.75) is 20.0 Å². The minimum absolute atomic E-state index is 0.127. The van der Waals surface area contributed by atoms with Crippen LogP contribution in [0.25, 0.3) is 0 Å². The molecule has 3 amide bonds. The van der Waals surface area contributed by atoms with Crippen LogP contribution in [0.1, 0.15) is 19.4 Å². The van der Waals surface area contributed by atoms with Crippen molar-refractivity contribution in [3.05, 3.63) is 54.1 Å². The fourth-order valence-electron chi connectivity index (χ4n) is 2.76. The number of anilines is 3. The van der Waals surface area contributed by atoms with Gasteiger partial charge in [-0.15, -0.1) is 0 Å². The Kier molecular flexibility index (Phi) is 8.14. The van der Waals surface area contributed by atoms with Crippen molar-refractivity contribution >= 4 is 34.8 Å². The van der Waals surface area contributed by atoms with Gasteiger partial charge in [-0.25, -0.2) is 0 Å². The Bertz CT molecular complexity index is 930. The van der Waals surface area contributed by atoms with E-state index in [4.69, 9.17) is 0 Å². The van der Waals surface area contributed by atoms with Gasteiger partial charge in [0, 0.05) is 18.3 Å². The Labute approximate surface area is 177 Å². The van der Waals surface area contributed by atoms with Crippen LogP contribution in [0.15, 0.2) is 48.5 Å². The summed E-state index contributed by atoms with van der Waals surface area (Å²) in [7, 11) is 0. The molecule has 0 aliphatic carbocycles. The maximum atomic E-state index is 13.1. The van der Waals surface area contributed by atoms with Crippen LogP contribution in [-0.2, 0) is 20.6 Å². The first kappa shape index (κ1) is 23.9. The molecule has 0 bridgehead atoms. The second-order valence-electron chi connectivity index (χ2n) is 6.70. The molecular weight excluding hydrogens is 413 g/mol. The molecule has 0 radical (unpaired) electrons. The van der Waals surface area contributed by atoms with Gasteiger partial charge in [-0.1, -0.05) is 19.1 Å². The number of likely N-dealkylation sites (N-methyl/N-ethyl adjacent to an activating group) is 1. The number of hydrogen-bond acceptors (Lipinski definition) is 4. The molecule has 2 rings (SSSR count). The van der Waals surface area contributed by atoms with Crippen LogP contribution in [0.5, 0.6) is 0 Å². The summed E-state index contributed by atoms with van der Waals surface area (Å²) in [6.45, 7) is 3.07. The number of para-hydroxylation sites is 1. The summed E-state index contributed by atoms with van der Waals surface area (Å²) >= 11 is 0. The third kappa shape index (κ3) is 7.74. The molecule has 2 aromatic carbocycles. The van der Waals surface area contributed by atoms with Crippen LogP contribution in [0.2, 0.25) is 0 Å². The van der Waals surface area contributed by atoms with Crippen molar-refractivity contribution in [1.82, 2.24) is 4.90 Å². The highest BCUT2D eigenvalue weighted by Gasteiger charge is 2.33. The van der Waals surface area contributed by atoms with E-state index in [0.717, 1.165) is 6.07 Å². The number of nitrogens with zero attached hydrogens (tertiary/aromatic N) is 1. The normalized spacial score (nSPS) is 11.2. The minimum Gasteiger partial charge on any atom is -0.326 e. The van der Waals surface area contributed by atoms with E-state index in [1.54, 1.807) is 31.2 Å². The van der Waals surface area contributed by atoms with Gasteiger partial charge in [0.15, 0.2) is 0 Å². The van der Waals surface area contributed by atoms with Gasteiger partial charge in [0.2, 0.25) is 17.7 Å². The summed E-state index contributed by atoms with van der Waals surface area (Å²) < 4.78 is 39.2. The van der Waals surface area contributed by atoms with Crippen LogP contribution >= 0.6 is 0 Å². The molecule has 0 saturated heterocycles. The molecule has 0 unspecified atom stereocenters. The highest BCUT2D eigenvalue weighted by Crippen LogP contribution is 2.34. The fourth-order valence-corrected chi connectivity index (χ4v) is 2.76. The number of rotatable bonds is 8. The molecule has 0 aromatic heterocycles. The lowest BCUT2D eigenvalue weighted by atomic mass is 10.1. The molecular formula is C21H23F3N4O3. The van der Waals surface area contributed by atoms with Gasteiger partial charge in [0.25, 0.3) is 0 Å². The summed E-state index contributed by atoms with van der Waals surface area (Å²) in [5, 5.41) is 7.53. The monoisotopic (exact) mass is 436 g/mol. The summed E-state index contributed by atoms with van der Waals surface area (Å²) in [4.78, 5) is 37.0. The third-order valence-corrected chi connectivity index (χ3v) is 4.18. The molecule has 0 spiro atoms. The summed E-state index contributed by atoms with van der Waals surface area (Å²) in [5.74, 6) is -1.27. The Morgan fingerprint density at radius 2 is 1.35 bits per heavy atom. The van der Waals surface area contributed by atoms with Gasteiger partial charge < -0.3 is 16.0 Å². The summed E-state index contributed by atoms with van der Waals surface area (Å²) in [6, 6.07) is 11.2. The average Bonchev–Trinajstić information content (AvgIpc) is 2.68. The van der Waals surface area contributed by atoms with Crippen molar-refractivity contribution in [3.63, 3.8) is 0 Å². The Morgan fingerprint density at radius 1 is 0.839 bits per heavy atom.